The molecule has 3 rings (SSSR count). The zero-order chi connectivity index (χ0) is 18.0. The first kappa shape index (κ1) is 17.9. The standard InChI is InChI=1S/C18H22N2O4S/c1-19-16(22)11-15(17(23)24)18(19)6-8-20(9-7-18)12-14-5-4-13(25-14)3-2-10-21/h4-5,15,21H,6-12H2,1H3,(H,23,24). The largest absolute Gasteiger partial charge is 0.481 e. The lowest BCUT2D eigenvalue weighted by atomic mass is 9.77. The van der Waals surface area contributed by atoms with Crippen LogP contribution in [-0.2, 0) is 16.1 Å². The Morgan fingerprint density at radius 1 is 1.40 bits per heavy atom. The molecule has 0 radical (unpaired) electrons. The van der Waals surface area contributed by atoms with Crippen molar-refractivity contribution < 1.29 is 19.8 Å². The van der Waals surface area contributed by atoms with E-state index in [1.165, 1.54) is 4.88 Å². The smallest absolute Gasteiger partial charge is 0.309 e. The molecular formula is C18H22N2O4S. The highest BCUT2D eigenvalue weighted by Crippen LogP contribution is 2.43. The number of carboxylic acids is 1. The number of thiophene rings is 1. The molecule has 3 heterocycles. The predicted molar refractivity (Wildman–Crippen MR) is 94.0 cm³/mol. The van der Waals surface area contributed by atoms with Crippen molar-refractivity contribution in [3.8, 4) is 11.8 Å². The summed E-state index contributed by atoms with van der Waals surface area (Å²) in [6.45, 7) is 2.21. The molecule has 2 aliphatic heterocycles. The van der Waals surface area contributed by atoms with E-state index in [2.05, 4.69) is 16.7 Å². The van der Waals surface area contributed by atoms with E-state index < -0.39 is 17.4 Å². The Balaban J connectivity index is 1.64. The first-order valence-corrected chi connectivity index (χ1v) is 9.18. The van der Waals surface area contributed by atoms with Gasteiger partial charge in [0.1, 0.15) is 6.61 Å². The topological polar surface area (TPSA) is 81.1 Å². The molecule has 1 aromatic heterocycles. The normalized spacial score (nSPS) is 22.9. The SMILES string of the molecule is CN1C(=O)CC(C(=O)O)C12CCN(Cc1ccc(C#CCO)s1)CC2. The number of piperidine rings is 1. The van der Waals surface area contributed by atoms with Crippen molar-refractivity contribution in [2.45, 2.75) is 31.3 Å². The summed E-state index contributed by atoms with van der Waals surface area (Å²) in [6, 6.07) is 4.00. The van der Waals surface area contributed by atoms with Gasteiger partial charge in [0.05, 0.1) is 16.3 Å². The number of aliphatic carboxylic acids is 1. The molecule has 6 nitrogen and oxygen atoms in total. The van der Waals surface area contributed by atoms with Crippen LogP contribution in [-0.4, -0.2) is 64.2 Å². The third-order valence-electron chi connectivity index (χ3n) is 5.42. The van der Waals surface area contributed by atoms with Crippen LogP contribution in [0.5, 0.6) is 0 Å². The number of carboxylic acid groups (broad SMARTS) is 1. The van der Waals surface area contributed by atoms with Gasteiger partial charge in [-0.05, 0) is 25.0 Å². The van der Waals surface area contributed by atoms with Gasteiger partial charge in [0.25, 0.3) is 0 Å². The lowest BCUT2D eigenvalue weighted by Gasteiger charge is -2.45. The van der Waals surface area contributed by atoms with Crippen molar-refractivity contribution in [3.05, 3.63) is 21.9 Å². The zero-order valence-corrected chi connectivity index (χ0v) is 15.0. The third-order valence-corrected chi connectivity index (χ3v) is 6.41. The lowest BCUT2D eigenvalue weighted by molar-refractivity contribution is -0.146. The van der Waals surface area contributed by atoms with Gasteiger partial charge in [-0.25, -0.2) is 0 Å². The fraction of sp³-hybridized carbons (Fsp3) is 0.556. The Hall–Kier alpha value is -1.88. The van der Waals surface area contributed by atoms with Gasteiger partial charge < -0.3 is 15.1 Å². The summed E-state index contributed by atoms with van der Waals surface area (Å²) in [6.07, 6.45) is 1.49. The van der Waals surface area contributed by atoms with E-state index in [9.17, 15) is 14.7 Å². The predicted octanol–water partition coefficient (Wildman–Crippen LogP) is 0.989. The minimum Gasteiger partial charge on any atom is -0.481 e. The number of likely N-dealkylation sites (tertiary alicyclic amines) is 2. The molecule has 1 amide bonds. The Morgan fingerprint density at radius 3 is 2.76 bits per heavy atom. The number of aliphatic hydroxyl groups is 1. The first-order chi connectivity index (χ1) is 12.0. The molecule has 1 aromatic rings. The van der Waals surface area contributed by atoms with Crippen LogP contribution in [0.4, 0.5) is 0 Å². The molecule has 0 bridgehead atoms. The summed E-state index contributed by atoms with van der Waals surface area (Å²) in [5.41, 5.74) is -0.535. The molecule has 0 aromatic carbocycles. The van der Waals surface area contributed by atoms with Gasteiger partial charge in [-0.15, -0.1) is 11.3 Å². The van der Waals surface area contributed by atoms with E-state index in [1.807, 2.05) is 12.1 Å². The molecule has 0 aliphatic carbocycles. The van der Waals surface area contributed by atoms with E-state index >= 15 is 0 Å². The van der Waals surface area contributed by atoms with E-state index in [4.69, 9.17) is 5.11 Å². The average Bonchev–Trinajstić information content (AvgIpc) is 3.13. The number of carbonyl (C=O) groups is 2. The molecule has 2 aliphatic rings. The molecule has 2 fully saturated rings. The van der Waals surface area contributed by atoms with Crippen molar-refractivity contribution in [2.24, 2.45) is 5.92 Å². The van der Waals surface area contributed by atoms with Crippen LogP contribution in [0.2, 0.25) is 0 Å². The van der Waals surface area contributed by atoms with Gasteiger partial charge in [0, 0.05) is 38.0 Å². The summed E-state index contributed by atoms with van der Waals surface area (Å²) >= 11 is 1.61. The first-order valence-electron chi connectivity index (χ1n) is 8.36. The van der Waals surface area contributed by atoms with Crippen LogP contribution in [0.1, 0.15) is 29.0 Å². The molecule has 0 saturated carbocycles. The van der Waals surface area contributed by atoms with Crippen molar-refractivity contribution in [1.29, 1.82) is 0 Å². The quantitative estimate of drug-likeness (QED) is 0.784. The van der Waals surface area contributed by atoms with Gasteiger partial charge in [0.15, 0.2) is 0 Å². The highest BCUT2D eigenvalue weighted by molar-refractivity contribution is 7.12. The van der Waals surface area contributed by atoms with Gasteiger partial charge in [-0.2, -0.15) is 0 Å². The average molecular weight is 362 g/mol. The number of nitrogens with zero attached hydrogens (tertiary/aromatic N) is 2. The van der Waals surface area contributed by atoms with Gasteiger partial charge in [0.2, 0.25) is 5.91 Å². The van der Waals surface area contributed by atoms with Gasteiger partial charge in [-0.3, -0.25) is 14.5 Å². The lowest BCUT2D eigenvalue weighted by Crippen LogP contribution is -2.55. The molecule has 1 spiro atoms. The number of aliphatic hydroxyl groups excluding tert-OH is 1. The minimum absolute atomic E-state index is 0.0637. The Kier molecular flexibility index (Phi) is 5.13. The number of carbonyl (C=O) groups excluding carboxylic acids is 1. The van der Waals surface area contributed by atoms with Crippen molar-refractivity contribution >= 4 is 23.2 Å². The Morgan fingerprint density at radius 2 is 2.12 bits per heavy atom. The van der Waals surface area contributed by atoms with Crippen LogP contribution in [0.25, 0.3) is 0 Å². The molecule has 25 heavy (non-hydrogen) atoms. The number of amides is 1. The van der Waals surface area contributed by atoms with Crippen LogP contribution in [0.3, 0.4) is 0 Å². The van der Waals surface area contributed by atoms with E-state index in [1.54, 1.807) is 23.3 Å². The second kappa shape index (κ2) is 7.16. The van der Waals surface area contributed by atoms with Gasteiger partial charge in [-0.1, -0.05) is 11.8 Å². The Bertz CT molecular complexity index is 725. The molecule has 1 unspecified atom stereocenters. The van der Waals surface area contributed by atoms with Crippen LogP contribution in [0, 0.1) is 17.8 Å². The number of rotatable bonds is 3. The molecule has 134 valence electrons. The molecular weight excluding hydrogens is 340 g/mol. The maximum Gasteiger partial charge on any atom is 0.309 e. The van der Waals surface area contributed by atoms with Gasteiger partial charge >= 0.3 is 5.97 Å². The maximum absolute atomic E-state index is 12.0. The summed E-state index contributed by atoms with van der Waals surface area (Å²) < 4.78 is 0. The third kappa shape index (κ3) is 3.43. The van der Waals surface area contributed by atoms with Crippen molar-refractivity contribution in [3.63, 3.8) is 0 Å². The van der Waals surface area contributed by atoms with E-state index in [0.29, 0.717) is 12.8 Å². The highest BCUT2D eigenvalue weighted by Gasteiger charge is 2.55. The highest BCUT2D eigenvalue weighted by atomic mass is 32.1. The molecule has 2 saturated heterocycles. The number of hydrogen-bond donors (Lipinski definition) is 2. The van der Waals surface area contributed by atoms with E-state index in [-0.39, 0.29) is 18.9 Å². The van der Waals surface area contributed by atoms with Crippen LogP contribution < -0.4 is 0 Å². The molecule has 7 heteroatoms. The summed E-state index contributed by atoms with van der Waals surface area (Å²) in [5.74, 6) is 4.03. The minimum atomic E-state index is -0.864. The summed E-state index contributed by atoms with van der Waals surface area (Å²) in [5, 5.41) is 18.3. The van der Waals surface area contributed by atoms with Crippen molar-refractivity contribution in [1.82, 2.24) is 9.80 Å². The molecule has 2 N–H and O–H groups in total. The Labute approximate surface area is 151 Å². The van der Waals surface area contributed by atoms with E-state index in [0.717, 1.165) is 24.5 Å². The summed E-state index contributed by atoms with van der Waals surface area (Å²) in [7, 11) is 1.74. The monoisotopic (exact) mass is 362 g/mol. The number of hydrogen-bond acceptors (Lipinski definition) is 5. The second-order valence-electron chi connectivity index (χ2n) is 6.65. The van der Waals surface area contributed by atoms with Crippen LogP contribution in [0.15, 0.2) is 12.1 Å². The maximum atomic E-state index is 12.0. The van der Waals surface area contributed by atoms with Crippen LogP contribution >= 0.6 is 11.3 Å². The van der Waals surface area contributed by atoms with Crippen molar-refractivity contribution in [2.75, 3.05) is 26.7 Å². The fourth-order valence-electron chi connectivity index (χ4n) is 3.96. The fourth-order valence-corrected chi connectivity index (χ4v) is 4.89. The molecule has 1 atom stereocenters. The summed E-state index contributed by atoms with van der Waals surface area (Å²) in [4.78, 5) is 29.8. The second-order valence-corrected chi connectivity index (χ2v) is 7.82. The zero-order valence-electron chi connectivity index (χ0n) is 14.2.